The van der Waals surface area contributed by atoms with Gasteiger partial charge in [0, 0.05) is 18.5 Å². The van der Waals surface area contributed by atoms with E-state index in [4.69, 9.17) is 4.52 Å². The zero-order valence-electron chi connectivity index (χ0n) is 17.3. The van der Waals surface area contributed by atoms with Gasteiger partial charge in [-0.1, -0.05) is 48.8 Å². The lowest BCUT2D eigenvalue weighted by molar-refractivity contribution is -0.116. The van der Waals surface area contributed by atoms with Crippen LogP contribution in [0.25, 0.3) is 0 Å². The Morgan fingerprint density at radius 2 is 1.73 bits per heavy atom. The fraction of sp³-hybridized carbons (Fsp3) is 0.318. The van der Waals surface area contributed by atoms with E-state index in [-0.39, 0.29) is 41.1 Å². The average Bonchev–Trinajstić information content (AvgIpc) is 3.14. The van der Waals surface area contributed by atoms with Gasteiger partial charge in [-0.15, -0.1) is 0 Å². The molecule has 1 aromatic heterocycles. The second-order valence-electron chi connectivity index (χ2n) is 7.50. The fourth-order valence-electron chi connectivity index (χ4n) is 2.84. The lowest BCUT2D eigenvalue weighted by Crippen LogP contribution is -2.12. The summed E-state index contributed by atoms with van der Waals surface area (Å²) in [6, 6.07) is 14.3. The summed E-state index contributed by atoms with van der Waals surface area (Å²) in [4.78, 5) is 16.5. The second-order valence-corrected chi connectivity index (χ2v) is 9.49. The number of aromatic nitrogens is 2. The number of hydrogen-bond acceptors (Lipinski definition) is 6. The van der Waals surface area contributed by atoms with Crippen LogP contribution in [0.4, 0.5) is 5.69 Å². The van der Waals surface area contributed by atoms with Crippen molar-refractivity contribution in [3.8, 4) is 0 Å². The molecule has 0 aliphatic heterocycles. The first-order valence-electron chi connectivity index (χ1n) is 9.73. The lowest BCUT2D eigenvalue weighted by Gasteiger charge is -2.08. The van der Waals surface area contributed by atoms with E-state index in [2.05, 4.69) is 29.3 Å². The average molecular weight is 428 g/mol. The van der Waals surface area contributed by atoms with E-state index < -0.39 is 9.84 Å². The van der Waals surface area contributed by atoms with Crippen molar-refractivity contribution >= 4 is 21.4 Å². The highest BCUT2D eigenvalue weighted by Crippen LogP contribution is 2.18. The van der Waals surface area contributed by atoms with Crippen LogP contribution in [-0.4, -0.2) is 24.5 Å². The molecule has 0 atom stereocenters. The summed E-state index contributed by atoms with van der Waals surface area (Å²) in [6.45, 7) is 6.11. The molecule has 0 radical (unpaired) electrons. The number of amides is 1. The predicted molar refractivity (Wildman–Crippen MR) is 114 cm³/mol. The zero-order valence-corrected chi connectivity index (χ0v) is 18.1. The van der Waals surface area contributed by atoms with Gasteiger partial charge in [0.2, 0.25) is 11.8 Å². The Labute approximate surface area is 176 Å². The van der Waals surface area contributed by atoms with Gasteiger partial charge < -0.3 is 9.84 Å². The van der Waals surface area contributed by atoms with Crippen LogP contribution in [0.1, 0.15) is 49.0 Å². The molecule has 1 heterocycles. The molecule has 30 heavy (non-hydrogen) atoms. The maximum absolute atomic E-state index is 12.5. The molecule has 1 amide bonds. The quantitative estimate of drug-likeness (QED) is 0.582. The SMILES string of the molecule is Cc1ccc(S(=O)(=O)Cc2noc(CCC(=O)Nc3ccc(C(C)C)cc3)n2)cc1. The molecule has 1 N–H and O–H groups in total. The smallest absolute Gasteiger partial charge is 0.227 e. The highest BCUT2D eigenvalue weighted by Gasteiger charge is 2.19. The van der Waals surface area contributed by atoms with E-state index in [0.29, 0.717) is 5.92 Å². The van der Waals surface area contributed by atoms with Crippen molar-refractivity contribution in [2.75, 3.05) is 5.32 Å². The molecule has 158 valence electrons. The third-order valence-electron chi connectivity index (χ3n) is 4.64. The van der Waals surface area contributed by atoms with Gasteiger partial charge in [0.05, 0.1) is 4.90 Å². The minimum atomic E-state index is -3.56. The minimum absolute atomic E-state index is 0.0789. The molecular formula is C22H25N3O4S. The van der Waals surface area contributed by atoms with Crippen LogP contribution in [0.3, 0.4) is 0 Å². The number of carbonyl (C=O) groups excluding carboxylic acids is 1. The van der Waals surface area contributed by atoms with Crippen molar-refractivity contribution < 1.29 is 17.7 Å². The van der Waals surface area contributed by atoms with Crippen molar-refractivity contribution in [2.45, 2.75) is 50.2 Å². The van der Waals surface area contributed by atoms with Crippen LogP contribution in [-0.2, 0) is 26.8 Å². The Morgan fingerprint density at radius 1 is 1.07 bits per heavy atom. The molecular weight excluding hydrogens is 402 g/mol. The lowest BCUT2D eigenvalue weighted by atomic mass is 10.0. The Hall–Kier alpha value is -3.00. The van der Waals surface area contributed by atoms with E-state index in [0.717, 1.165) is 11.3 Å². The summed E-state index contributed by atoms with van der Waals surface area (Å²) in [6.07, 6.45) is 0.381. The normalized spacial score (nSPS) is 11.6. The Bertz CT molecular complexity index is 1100. The molecule has 0 bridgehead atoms. The summed E-state index contributed by atoms with van der Waals surface area (Å²) in [5, 5.41) is 6.56. The van der Waals surface area contributed by atoms with Gasteiger partial charge in [-0.05, 0) is 42.7 Å². The number of nitrogens with one attached hydrogen (secondary N) is 1. The third-order valence-corrected chi connectivity index (χ3v) is 6.27. The predicted octanol–water partition coefficient (Wildman–Crippen LogP) is 4.05. The molecule has 2 aromatic carbocycles. The summed E-state index contributed by atoms with van der Waals surface area (Å²) >= 11 is 0. The van der Waals surface area contributed by atoms with E-state index in [1.165, 1.54) is 5.56 Å². The molecule has 8 heteroatoms. The summed E-state index contributed by atoms with van der Waals surface area (Å²) in [7, 11) is -3.56. The number of rotatable bonds is 8. The molecule has 3 aromatic rings. The highest BCUT2D eigenvalue weighted by molar-refractivity contribution is 7.90. The van der Waals surface area contributed by atoms with Crippen LogP contribution in [0, 0.1) is 6.92 Å². The molecule has 0 unspecified atom stereocenters. The van der Waals surface area contributed by atoms with E-state index >= 15 is 0 Å². The number of hydrogen-bond donors (Lipinski definition) is 1. The molecule has 0 aliphatic carbocycles. The highest BCUT2D eigenvalue weighted by atomic mass is 32.2. The van der Waals surface area contributed by atoms with Crippen molar-refractivity contribution in [2.24, 2.45) is 0 Å². The third kappa shape index (κ3) is 5.76. The minimum Gasteiger partial charge on any atom is -0.339 e. The second kappa shape index (κ2) is 9.21. The maximum atomic E-state index is 12.5. The monoisotopic (exact) mass is 427 g/mol. The van der Waals surface area contributed by atoms with Gasteiger partial charge in [-0.3, -0.25) is 4.79 Å². The van der Waals surface area contributed by atoms with Crippen LogP contribution in [0.5, 0.6) is 0 Å². The molecule has 3 rings (SSSR count). The molecule has 0 fully saturated rings. The topological polar surface area (TPSA) is 102 Å². The van der Waals surface area contributed by atoms with Gasteiger partial charge in [-0.2, -0.15) is 4.98 Å². The summed E-state index contributed by atoms with van der Waals surface area (Å²) in [5.74, 6) is 0.203. The molecule has 0 saturated heterocycles. The van der Waals surface area contributed by atoms with E-state index in [1.54, 1.807) is 24.3 Å². The number of nitrogens with zero attached hydrogens (tertiary/aromatic N) is 2. The van der Waals surface area contributed by atoms with Crippen LogP contribution in [0.15, 0.2) is 57.9 Å². The van der Waals surface area contributed by atoms with Crippen LogP contribution < -0.4 is 5.32 Å². The molecule has 7 nitrogen and oxygen atoms in total. The van der Waals surface area contributed by atoms with Crippen LogP contribution >= 0.6 is 0 Å². The molecule has 0 saturated carbocycles. The van der Waals surface area contributed by atoms with Crippen molar-refractivity contribution in [3.05, 3.63) is 71.4 Å². The van der Waals surface area contributed by atoms with E-state index in [1.807, 2.05) is 31.2 Å². The Balaban J connectivity index is 1.53. The van der Waals surface area contributed by atoms with Gasteiger partial charge in [0.25, 0.3) is 0 Å². The first kappa shape index (κ1) is 21.7. The van der Waals surface area contributed by atoms with Gasteiger partial charge >= 0.3 is 0 Å². The number of anilines is 1. The standard InChI is InChI=1S/C22H25N3O4S/c1-15(2)17-6-8-18(9-7-17)23-21(26)12-13-22-24-20(25-29-22)14-30(27,28)19-10-4-16(3)5-11-19/h4-11,15H,12-14H2,1-3H3,(H,23,26). The van der Waals surface area contributed by atoms with Gasteiger partial charge in [0.15, 0.2) is 15.7 Å². The first-order chi connectivity index (χ1) is 14.2. The molecule has 0 spiro atoms. The largest absolute Gasteiger partial charge is 0.339 e. The van der Waals surface area contributed by atoms with E-state index in [9.17, 15) is 13.2 Å². The van der Waals surface area contributed by atoms with Crippen molar-refractivity contribution in [1.82, 2.24) is 10.1 Å². The summed E-state index contributed by atoms with van der Waals surface area (Å²) in [5.41, 5.74) is 2.90. The Morgan fingerprint density at radius 3 is 2.37 bits per heavy atom. The van der Waals surface area contributed by atoms with Crippen molar-refractivity contribution in [1.29, 1.82) is 0 Å². The number of sulfone groups is 1. The number of aryl methyl sites for hydroxylation is 2. The van der Waals surface area contributed by atoms with Gasteiger partial charge in [-0.25, -0.2) is 8.42 Å². The number of benzene rings is 2. The zero-order chi connectivity index (χ0) is 21.7. The number of carbonyl (C=O) groups is 1. The van der Waals surface area contributed by atoms with Crippen molar-refractivity contribution in [3.63, 3.8) is 0 Å². The first-order valence-corrected chi connectivity index (χ1v) is 11.4. The maximum Gasteiger partial charge on any atom is 0.227 e. The van der Waals surface area contributed by atoms with Gasteiger partial charge in [0.1, 0.15) is 5.75 Å². The molecule has 0 aliphatic rings. The van der Waals surface area contributed by atoms with Crippen LogP contribution in [0.2, 0.25) is 0 Å². The Kier molecular flexibility index (Phi) is 6.66. The summed E-state index contributed by atoms with van der Waals surface area (Å²) < 4.78 is 30.0. The fourth-order valence-corrected chi connectivity index (χ4v) is 4.02.